The Morgan fingerprint density at radius 2 is 2.00 bits per heavy atom. The summed E-state index contributed by atoms with van der Waals surface area (Å²) in [6.45, 7) is 2.95. The Labute approximate surface area is 234 Å². The molecule has 2 heterocycles. The molecule has 0 saturated heterocycles. The standard InChI is InChI=1S/C29H40FN5O5/c1-3-19-9-21(16-32-15-19)17-33-18-26(36)24-12-20-10-22(30)13-23(11-20)40-8-6-4-5-7-28(38)35(2)25(14-27(31)37)29(39)34-24/h9-11,13,15-16,24-26,33,36H,3-8,12,14,17-18H2,1-2H3,(H2,31,37)(H,34,39). The maximum absolute atomic E-state index is 14.5. The number of aliphatic hydroxyl groups is 1. The first-order valence-electron chi connectivity index (χ1n) is 13.7. The lowest BCUT2D eigenvalue weighted by Crippen LogP contribution is -2.55. The third-order valence-electron chi connectivity index (χ3n) is 6.98. The zero-order valence-corrected chi connectivity index (χ0v) is 23.2. The smallest absolute Gasteiger partial charge is 0.243 e. The van der Waals surface area contributed by atoms with Gasteiger partial charge in [-0.05, 0) is 60.9 Å². The lowest BCUT2D eigenvalue weighted by molar-refractivity contribution is -0.141. The van der Waals surface area contributed by atoms with Gasteiger partial charge < -0.3 is 31.1 Å². The fourth-order valence-electron chi connectivity index (χ4n) is 4.67. The maximum atomic E-state index is 14.5. The van der Waals surface area contributed by atoms with Crippen LogP contribution >= 0.6 is 0 Å². The number of likely N-dealkylation sites (N-methyl/N-ethyl adjacent to an activating group) is 1. The SMILES string of the molecule is CCc1cncc(CNCC(O)C2Cc3cc(F)cc(c3)OCCCCCC(=O)N(C)C(CC(N)=O)C(=O)N2)c1. The first-order chi connectivity index (χ1) is 19.2. The number of ether oxygens (including phenoxy) is 1. The quantitative estimate of drug-likeness (QED) is 0.386. The van der Waals surface area contributed by atoms with Gasteiger partial charge in [0.25, 0.3) is 0 Å². The van der Waals surface area contributed by atoms with Crippen LogP contribution in [0.3, 0.4) is 0 Å². The lowest BCUT2D eigenvalue weighted by Gasteiger charge is -2.31. The molecule has 0 aliphatic carbocycles. The van der Waals surface area contributed by atoms with E-state index in [2.05, 4.69) is 15.6 Å². The van der Waals surface area contributed by atoms with Gasteiger partial charge in [-0.15, -0.1) is 0 Å². The second kappa shape index (κ2) is 15.3. The number of primary amides is 1. The molecule has 3 amide bonds. The van der Waals surface area contributed by atoms with Crippen molar-refractivity contribution in [1.82, 2.24) is 20.5 Å². The molecule has 0 saturated carbocycles. The molecule has 1 aromatic heterocycles. The van der Waals surface area contributed by atoms with E-state index in [1.165, 1.54) is 24.1 Å². The number of halogens is 1. The third-order valence-corrected chi connectivity index (χ3v) is 6.98. The Bertz CT molecular complexity index is 1160. The van der Waals surface area contributed by atoms with Crippen molar-refractivity contribution in [3.63, 3.8) is 0 Å². The van der Waals surface area contributed by atoms with Gasteiger partial charge in [0.15, 0.2) is 0 Å². The lowest BCUT2D eigenvalue weighted by atomic mass is 9.99. The van der Waals surface area contributed by atoms with Gasteiger partial charge in [0.1, 0.15) is 17.6 Å². The van der Waals surface area contributed by atoms with Crippen molar-refractivity contribution in [3.05, 3.63) is 59.2 Å². The summed E-state index contributed by atoms with van der Waals surface area (Å²) < 4.78 is 20.2. The average molecular weight is 558 g/mol. The highest BCUT2D eigenvalue weighted by atomic mass is 19.1. The molecule has 5 N–H and O–H groups in total. The predicted molar refractivity (Wildman–Crippen MR) is 148 cm³/mol. The van der Waals surface area contributed by atoms with Gasteiger partial charge in [-0.1, -0.05) is 13.0 Å². The van der Waals surface area contributed by atoms with E-state index < -0.39 is 35.8 Å². The topological polar surface area (TPSA) is 147 Å². The highest BCUT2D eigenvalue weighted by Crippen LogP contribution is 2.20. The number of aryl methyl sites for hydroxylation is 1. The Hall–Kier alpha value is -3.57. The molecule has 10 nitrogen and oxygen atoms in total. The highest BCUT2D eigenvalue weighted by molar-refractivity contribution is 5.91. The molecule has 40 heavy (non-hydrogen) atoms. The van der Waals surface area contributed by atoms with E-state index in [4.69, 9.17) is 10.5 Å². The second-order valence-electron chi connectivity index (χ2n) is 10.2. The summed E-state index contributed by atoms with van der Waals surface area (Å²) in [5, 5.41) is 17.1. The molecule has 11 heteroatoms. The van der Waals surface area contributed by atoms with E-state index in [-0.39, 0.29) is 31.7 Å². The summed E-state index contributed by atoms with van der Waals surface area (Å²) >= 11 is 0. The molecular formula is C29H40FN5O5. The fraction of sp³-hybridized carbons (Fsp3) is 0.517. The Morgan fingerprint density at radius 1 is 1.23 bits per heavy atom. The number of pyridine rings is 1. The van der Waals surface area contributed by atoms with Crippen LogP contribution < -0.4 is 21.1 Å². The molecule has 0 spiro atoms. The van der Waals surface area contributed by atoms with Crippen LogP contribution in [0.1, 0.15) is 55.7 Å². The zero-order chi connectivity index (χ0) is 29.1. The van der Waals surface area contributed by atoms with Gasteiger partial charge in [-0.2, -0.15) is 0 Å². The number of nitrogens with two attached hydrogens (primary N) is 1. The van der Waals surface area contributed by atoms with E-state index in [1.807, 2.05) is 13.0 Å². The van der Waals surface area contributed by atoms with E-state index in [0.717, 1.165) is 17.5 Å². The van der Waals surface area contributed by atoms with Crippen molar-refractivity contribution in [2.45, 2.75) is 76.6 Å². The first-order valence-corrected chi connectivity index (χ1v) is 13.7. The molecule has 1 aliphatic heterocycles. The van der Waals surface area contributed by atoms with E-state index >= 15 is 0 Å². The van der Waals surface area contributed by atoms with Gasteiger partial charge in [-0.3, -0.25) is 19.4 Å². The summed E-state index contributed by atoms with van der Waals surface area (Å²) in [7, 11) is 1.46. The highest BCUT2D eigenvalue weighted by Gasteiger charge is 2.32. The number of carbonyl (C=O) groups excluding carboxylic acids is 3. The number of hydrogen-bond acceptors (Lipinski definition) is 7. The Kier molecular flexibility index (Phi) is 11.8. The van der Waals surface area contributed by atoms with Crippen molar-refractivity contribution >= 4 is 17.7 Å². The largest absolute Gasteiger partial charge is 0.493 e. The molecule has 3 rings (SSSR count). The number of amides is 3. The van der Waals surface area contributed by atoms with Crippen LogP contribution in [0.25, 0.3) is 0 Å². The monoisotopic (exact) mass is 557 g/mol. The summed E-state index contributed by atoms with van der Waals surface area (Å²) in [6, 6.07) is 4.31. The van der Waals surface area contributed by atoms with Crippen LogP contribution in [0.4, 0.5) is 4.39 Å². The molecule has 0 fully saturated rings. The van der Waals surface area contributed by atoms with E-state index in [9.17, 15) is 23.9 Å². The molecule has 0 radical (unpaired) electrons. The first kappa shape index (κ1) is 31.0. The number of rotatable bonds is 8. The van der Waals surface area contributed by atoms with Gasteiger partial charge in [0.05, 0.1) is 25.2 Å². The van der Waals surface area contributed by atoms with Gasteiger partial charge in [0, 0.05) is 45.0 Å². The number of hydrogen-bond donors (Lipinski definition) is 4. The predicted octanol–water partition coefficient (Wildman–Crippen LogP) is 1.62. The second-order valence-corrected chi connectivity index (χ2v) is 10.2. The minimum atomic E-state index is -1.14. The van der Waals surface area contributed by atoms with Crippen molar-refractivity contribution in [3.8, 4) is 5.75 Å². The third kappa shape index (κ3) is 9.56. The number of nitrogens with zero attached hydrogens (tertiary/aromatic N) is 2. The number of fused-ring (bicyclic) bond motifs is 2. The van der Waals surface area contributed by atoms with Crippen LogP contribution in [0.15, 0.2) is 36.7 Å². The van der Waals surface area contributed by atoms with Crippen molar-refractivity contribution in [1.29, 1.82) is 0 Å². The number of aliphatic hydroxyl groups excluding tert-OH is 1. The summed E-state index contributed by atoms with van der Waals surface area (Å²) in [4.78, 5) is 43.5. The van der Waals surface area contributed by atoms with Crippen LogP contribution in [-0.4, -0.2) is 71.1 Å². The van der Waals surface area contributed by atoms with Gasteiger partial charge in [0.2, 0.25) is 17.7 Å². The summed E-state index contributed by atoms with van der Waals surface area (Å²) in [6.07, 6.45) is 5.13. The number of benzene rings is 1. The minimum absolute atomic E-state index is 0.0799. The fourth-order valence-corrected chi connectivity index (χ4v) is 4.67. The zero-order valence-electron chi connectivity index (χ0n) is 23.2. The Morgan fingerprint density at radius 3 is 2.75 bits per heavy atom. The molecular weight excluding hydrogens is 517 g/mol. The van der Waals surface area contributed by atoms with Crippen molar-refractivity contribution in [2.24, 2.45) is 5.73 Å². The van der Waals surface area contributed by atoms with Crippen molar-refractivity contribution in [2.75, 3.05) is 20.2 Å². The molecule has 3 atom stereocenters. The summed E-state index contributed by atoms with van der Waals surface area (Å²) in [5.41, 5.74) is 7.96. The van der Waals surface area contributed by atoms with Gasteiger partial charge in [-0.25, -0.2) is 4.39 Å². The van der Waals surface area contributed by atoms with E-state index in [0.29, 0.717) is 43.7 Å². The number of aromatic nitrogens is 1. The van der Waals surface area contributed by atoms with Crippen LogP contribution in [-0.2, 0) is 33.8 Å². The minimum Gasteiger partial charge on any atom is -0.493 e. The van der Waals surface area contributed by atoms with Crippen LogP contribution in [0.2, 0.25) is 0 Å². The molecule has 218 valence electrons. The molecule has 3 unspecified atom stereocenters. The molecule has 1 aromatic carbocycles. The number of nitrogens with one attached hydrogen (secondary N) is 2. The van der Waals surface area contributed by atoms with Crippen LogP contribution in [0, 0.1) is 5.82 Å². The average Bonchev–Trinajstić information content (AvgIpc) is 2.91. The number of carbonyl (C=O) groups is 3. The molecule has 2 aromatic rings. The molecule has 1 aliphatic rings. The van der Waals surface area contributed by atoms with E-state index in [1.54, 1.807) is 18.5 Å². The Balaban J connectivity index is 1.84. The van der Waals surface area contributed by atoms with Crippen LogP contribution in [0.5, 0.6) is 5.75 Å². The van der Waals surface area contributed by atoms with Gasteiger partial charge >= 0.3 is 0 Å². The molecule has 2 bridgehead atoms. The summed E-state index contributed by atoms with van der Waals surface area (Å²) in [5.74, 6) is -1.79. The normalized spacial score (nSPS) is 19.9. The maximum Gasteiger partial charge on any atom is 0.243 e. The van der Waals surface area contributed by atoms with Crippen molar-refractivity contribution < 1.29 is 28.6 Å².